The second-order valence-corrected chi connectivity index (χ2v) is 5.15. The topological polar surface area (TPSA) is 65.3 Å². The van der Waals surface area contributed by atoms with Gasteiger partial charge in [-0.05, 0) is 36.5 Å². The number of nitro groups is 1. The van der Waals surface area contributed by atoms with Crippen LogP contribution < -0.4 is 4.74 Å². The normalized spacial score (nSPS) is 15.7. The van der Waals surface area contributed by atoms with Crippen LogP contribution in [-0.2, 0) is 0 Å². The van der Waals surface area contributed by atoms with E-state index < -0.39 is 0 Å². The lowest BCUT2D eigenvalue weighted by molar-refractivity contribution is -0.383. The summed E-state index contributed by atoms with van der Waals surface area (Å²) in [5, 5.41) is 12.0. The second kappa shape index (κ2) is 5.07. The summed E-state index contributed by atoms with van der Waals surface area (Å²) in [6.07, 6.45) is 6.28. The van der Waals surface area contributed by atoms with Crippen LogP contribution in [0.25, 0.3) is 10.9 Å². The highest BCUT2D eigenvalue weighted by atomic mass is 16.6. The van der Waals surface area contributed by atoms with Gasteiger partial charge in [0.1, 0.15) is 11.3 Å². The van der Waals surface area contributed by atoms with Crippen molar-refractivity contribution in [2.45, 2.75) is 31.6 Å². The molecule has 104 valence electrons. The molecule has 5 heteroatoms. The minimum Gasteiger partial charge on any atom is -0.494 e. The summed E-state index contributed by atoms with van der Waals surface area (Å²) < 4.78 is 5.29. The van der Waals surface area contributed by atoms with Gasteiger partial charge in [-0.2, -0.15) is 0 Å². The molecule has 0 amide bonds. The first-order valence-corrected chi connectivity index (χ1v) is 6.82. The van der Waals surface area contributed by atoms with E-state index in [0.29, 0.717) is 22.6 Å². The van der Waals surface area contributed by atoms with Crippen molar-refractivity contribution in [2.24, 2.45) is 0 Å². The van der Waals surface area contributed by atoms with E-state index in [1.54, 1.807) is 19.4 Å². The molecule has 1 aromatic carbocycles. The Balaban J connectivity index is 2.31. The molecule has 1 heterocycles. The van der Waals surface area contributed by atoms with Gasteiger partial charge in [-0.25, -0.2) is 0 Å². The van der Waals surface area contributed by atoms with Crippen LogP contribution >= 0.6 is 0 Å². The molecule has 0 spiro atoms. The smallest absolute Gasteiger partial charge is 0.279 e. The molecule has 0 bridgehead atoms. The van der Waals surface area contributed by atoms with Crippen LogP contribution in [0.3, 0.4) is 0 Å². The molecule has 0 N–H and O–H groups in total. The second-order valence-electron chi connectivity index (χ2n) is 5.15. The van der Waals surface area contributed by atoms with E-state index in [1.165, 1.54) is 18.9 Å². The number of non-ortho nitro benzene ring substituents is 1. The number of hydrogen-bond acceptors (Lipinski definition) is 4. The fraction of sp³-hybridized carbons (Fsp3) is 0.400. The van der Waals surface area contributed by atoms with Crippen LogP contribution in [0.4, 0.5) is 5.69 Å². The van der Waals surface area contributed by atoms with Crippen molar-refractivity contribution >= 4 is 16.6 Å². The zero-order valence-electron chi connectivity index (χ0n) is 11.3. The average Bonchev–Trinajstić information content (AvgIpc) is 2.99. The SMILES string of the molecule is COc1ccc([N+](=O)[O-])c2c(C3CCCC3)ccnc12. The van der Waals surface area contributed by atoms with Crippen molar-refractivity contribution in [3.05, 3.63) is 40.1 Å². The molecule has 1 aromatic heterocycles. The van der Waals surface area contributed by atoms with Crippen molar-refractivity contribution in [1.82, 2.24) is 4.98 Å². The Kier molecular flexibility index (Phi) is 3.26. The van der Waals surface area contributed by atoms with Crippen LogP contribution in [-0.4, -0.2) is 17.0 Å². The summed E-state index contributed by atoms with van der Waals surface area (Å²) in [5.41, 5.74) is 1.75. The van der Waals surface area contributed by atoms with Crippen LogP contribution in [0.15, 0.2) is 24.4 Å². The predicted molar refractivity (Wildman–Crippen MR) is 76.2 cm³/mol. The molecule has 1 aliphatic rings. The highest BCUT2D eigenvalue weighted by Gasteiger charge is 2.25. The van der Waals surface area contributed by atoms with Gasteiger partial charge >= 0.3 is 0 Å². The molecule has 20 heavy (non-hydrogen) atoms. The number of nitrogens with zero attached hydrogens (tertiary/aromatic N) is 2. The zero-order valence-corrected chi connectivity index (χ0v) is 11.3. The van der Waals surface area contributed by atoms with Crippen LogP contribution in [0.5, 0.6) is 5.75 Å². The third-order valence-corrected chi connectivity index (χ3v) is 4.08. The first-order valence-electron chi connectivity index (χ1n) is 6.82. The van der Waals surface area contributed by atoms with Crippen molar-refractivity contribution < 1.29 is 9.66 Å². The van der Waals surface area contributed by atoms with E-state index in [9.17, 15) is 10.1 Å². The number of nitro benzene ring substituents is 1. The third-order valence-electron chi connectivity index (χ3n) is 4.08. The lowest BCUT2D eigenvalue weighted by Gasteiger charge is -2.14. The van der Waals surface area contributed by atoms with Gasteiger partial charge in [0.25, 0.3) is 5.69 Å². The Bertz CT molecular complexity index is 663. The molecule has 0 radical (unpaired) electrons. The summed E-state index contributed by atoms with van der Waals surface area (Å²) in [5.74, 6) is 0.983. The highest BCUT2D eigenvalue weighted by molar-refractivity contribution is 5.95. The highest BCUT2D eigenvalue weighted by Crippen LogP contribution is 2.42. The van der Waals surface area contributed by atoms with Gasteiger partial charge in [-0.1, -0.05) is 12.8 Å². The van der Waals surface area contributed by atoms with Crippen molar-refractivity contribution in [3.63, 3.8) is 0 Å². The average molecular weight is 272 g/mol. The number of benzene rings is 1. The number of aromatic nitrogens is 1. The number of pyridine rings is 1. The largest absolute Gasteiger partial charge is 0.494 e. The summed E-state index contributed by atoms with van der Waals surface area (Å²) in [6.45, 7) is 0. The van der Waals surface area contributed by atoms with Gasteiger partial charge in [0.05, 0.1) is 17.4 Å². The minimum absolute atomic E-state index is 0.121. The fourth-order valence-electron chi connectivity index (χ4n) is 3.14. The number of ether oxygens (including phenoxy) is 1. The predicted octanol–water partition coefficient (Wildman–Crippen LogP) is 3.81. The molecule has 5 nitrogen and oxygen atoms in total. The zero-order chi connectivity index (χ0) is 14.1. The molecule has 3 rings (SSSR count). The first-order chi connectivity index (χ1) is 9.72. The van der Waals surface area contributed by atoms with Gasteiger partial charge in [-0.3, -0.25) is 15.1 Å². The Labute approximate surface area is 116 Å². The van der Waals surface area contributed by atoms with Gasteiger partial charge < -0.3 is 4.74 Å². The maximum atomic E-state index is 11.3. The maximum absolute atomic E-state index is 11.3. The van der Waals surface area contributed by atoms with Crippen molar-refractivity contribution in [2.75, 3.05) is 7.11 Å². The summed E-state index contributed by atoms with van der Waals surface area (Å²) in [4.78, 5) is 15.3. The van der Waals surface area contributed by atoms with E-state index in [0.717, 1.165) is 18.4 Å². The van der Waals surface area contributed by atoms with Gasteiger partial charge in [0.15, 0.2) is 0 Å². The Morgan fingerprint density at radius 1 is 1.30 bits per heavy atom. The van der Waals surface area contributed by atoms with E-state index >= 15 is 0 Å². The summed E-state index contributed by atoms with van der Waals surface area (Å²) in [7, 11) is 1.56. The Morgan fingerprint density at radius 3 is 2.70 bits per heavy atom. The summed E-state index contributed by atoms with van der Waals surface area (Å²) >= 11 is 0. The number of rotatable bonds is 3. The van der Waals surface area contributed by atoms with E-state index in [-0.39, 0.29) is 10.6 Å². The Morgan fingerprint density at radius 2 is 2.05 bits per heavy atom. The molecule has 0 atom stereocenters. The van der Waals surface area contributed by atoms with Crippen LogP contribution in [0.2, 0.25) is 0 Å². The molecule has 0 saturated heterocycles. The fourth-order valence-corrected chi connectivity index (χ4v) is 3.14. The molecule has 1 saturated carbocycles. The molecular formula is C15H16N2O3. The lowest BCUT2D eigenvalue weighted by Crippen LogP contribution is -2.00. The monoisotopic (exact) mass is 272 g/mol. The van der Waals surface area contributed by atoms with E-state index in [2.05, 4.69) is 4.98 Å². The first kappa shape index (κ1) is 12.8. The van der Waals surface area contributed by atoms with E-state index in [1.807, 2.05) is 6.07 Å². The molecule has 0 aliphatic heterocycles. The van der Waals surface area contributed by atoms with Crippen molar-refractivity contribution in [1.29, 1.82) is 0 Å². The number of methoxy groups -OCH3 is 1. The van der Waals surface area contributed by atoms with Gasteiger partial charge in [-0.15, -0.1) is 0 Å². The summed E-state index contributed by atoms with van der Waals surface area (Å²) in [6, 6.07) is 5.05. The Hall–Kier alpha value is -2.17. The van der Waals surface area contributed by atoms with Crippen molar-refractivity contribution in [3.8, 4) is 5.75 Å². The minimum atomic E-state index is -0.331. The number of hydrogen-bond donors (Lipinski definition) is 0. The molecule has 1 fully saturated rings. The molecule has 1 aliphatic carbocycles. The number of fused-ring (bicyclic) bond motifs is 1. The molecule has 0 unspecified atom stereocenters. The third kappa shape index (κ3) is 1.99. The van der Waals surface area contributed by atoms with Gasteiger partial charge in [0.2, 0.25) is 0 Å². The maximum Gasteiger partial charge on any atom is 0.279 e. The molecule has 2 aromatic rings. The standard InChI is InChI=1S/C15H16N2O3/c1-20-13-7-6-12(17(18)19)14-11(8-9-16-15(13)14)10-4-2-3-5-10/h6-10H,2-5H2,1H3. The van der Waals surface area contributed by atoms with Crippen LogP contribution in [0, 0.1) is 10.1 Å². The van der Waals surface area contributed by atoms with Crippen LogP contribution in [0.1, 0.15) is 37.2 Å². The lowest BCUT2D eigenvalue weighted by atomic mass is 9.93. The molecular weight excluding hydrogens is 256 g/mol. The quantitative estimate of drug-likeness (QED) is 0.629. The van der Waals surface area contributed by atoms with E-state index in [4.69, 9.17) is 4.74 Å². The van der Waals surface area contributed by atoms with Gasteiger partial charge in [0, 0.05) is 12.3 Å².